The van der Waals surface area contributed by atoms with Gasteiger partial charge in [-0.3, -0.25) is 14.9 Å². The van der Waals surface area contributed by atoms with Gasteiger partial charge in [0.05, 0.1) is 5.66 Å². The smallest absolute Gasteiger partial charge is 0.251 e. The van der Waals surface area contributed by atoms with Crippen molar-refractivity contribution in [1.29, 1.82) is 0 Å². The van der Waals surface area contributed by atoms with Crippen LogP contribution in [0.1, 0.15) is 64.2 Å². The Bertz CT molecular complexity index is 411. The van der Waals surface area contributed by atoms with Crippen LogP contribution in [-0.4, -0.2) is 23.0 Å². The molecule has 2 saturated carbocycles. The van der Waals surface area contributed by atoms with Crippen molar-refractivity contribution < 1.29 is 9.59 Å². The SMILES string of the molecule is NC(=O)C1(C2CCCCC2)NC2(CCCCC2)NC1=O. The number of carbonyl (C=O) groups excluding carboxylic acids is 2. The molecule has 1 atom stereocenters. The normalized spacial score (nSPS) is 34.1. The van der Waals surface area contributed by atoms with E-state index in [0.29, 0.717) is 0 Å². The summed E-state index contributed by atoms with van der Waals surface area (Å²) >= 11 is 0. The Morgan fingerprint density at radius 3 is 2.25 bits per heavy atom. The minimum atomic E-state index is -1.17. The second-order valence-corrected chi connectivity index (χ2v) is 6.73. The largest absolute Gasteiger partial charge is 0.368 e. The molecule has 1 heterocycles. The molecule has 0 aromatic rings. The first-order valence-corrected chi connectivity index (χ1v) is 8.01. The molecule has 2 amide bonds. The van der Waals surface area contributed by atoms with Crippen molar-refractivity contribution in [3.63, 3.8) is 0 Å². The fraction of sp³-hybridized carbons (Fsp3) is 0.867. The van der Waals surface area contributed by atoms with Crippen LogP contribution >= 0.6 is 0 Å². The molecular formula is C15H25N3O2. The molecule has 4 N–H and O–H groups in total. The van der Waals surface area contributed by atoms with Crippen LogP contribution in [0.4, 0.5) is 0 Å². The summed E-state index contributed by atoms with van der Waals surface area (Å²) in [7, 11) is 0. The number of primary amides is 1. The van der Waals surface area contributed by atoms with Gasteiger partial charge in [-0.05, 0) is 44.4 Å². The summed E-state index contributed by atoms with van der Waals surface area (Å²) in [4.78, 5) is 24.8. The van der Waals surface area contributed by atoms with Crippen LogP contribution in [0.2, 0.25) is 0 Å². The Morgan fingerprint density at radius 2 is 1.65 bits per heavy atom. The van der Waals surface area contributed by atoms with Gasteiger partial charge in [-0.25, -0.2) is 0 Å². The maximum absolute atomic E-state index is 12.6. The number of rotatable bonds is 2. The van der Waals surface area contributed by atoms with E-state index in [1.165, 1.54) is 12.8 Å². The molecule has 0 aromatic heterocycles. The van der Waals surface area contributed by atoms with Gasteiger partial charge in [0.15, 0.2) is 5.54 Å². The Morgan fingerprint density at radius 1 is 1.05 bits per heavy atom. The van der Waals surface area contributed by atoms with E-state index in [9.17, 15) is 9.59 Å². The monoisotopic (exact) mass is 279 g/mol. The van der Waals surface area contributed by atoms with Gasteiger partial charge in [0.2, 0.25) is 5.91 Å². The molecule has 1 spiro atoms. The molecule has 5 heteroatoms. The van der Waals surface area contributed by atoms with Gasteiger partial charge in [0, 0.05) is 0 Å². The summed E-state index contributed by atoms with van der Waals surface area (Å²) in [6, 6.07) is 0. The average Bonchev–Trinajstić information content (AvgIpc) is 2.74. The van der Waals surface area contributed by atoms with Crippen LogP contribution in [0.5, 0.6) is 0 Å². The van der Waals surface area contributed by atoms with Gasteiger partial charge in [0.25, 0.3) is 5.91 Å². The van der Waals surface area contributed by atoms with Crippen LogP contribution in [0.3, 0.4) is 0 Å². The quantitative estimate of drug-likeness (QED) is 0.663. The van der Waals surface area contributed by atoms with E-state index < -0.39 is 11.4 Å². The second kappa shape index (κ2) is 5.02. The van der Waals surface area contributed by atoms with Gasteiger partial charge in [0.1, 0.15) is 0 Å². The lowest BCUT2D eigenvalue weighted by Gasteiger charge is -2.39. The third kappa shape index (κ3) is 2.03. The number of nitrogens with two attached hydrogens (primary N) is 1. The highest BCUT2D eigenvalue weighted by molar-refractivity contribution is 6.11. The van der Waals surface area contributed by atoms with E-state index in [-0.39, 0.29) is 17.5 Å². The molecule has 1 saturated heterocycles. The lowest BCUT2D eigenvalue weighted by Crippen LogP contribution is -2.64. The Balaban J connectivity index is 1.90. The maximum atomic E-state index is 12.6. The third-order valence-electron chi connectivity index (χ3n) is 5.46. The summed E-state index contributed by atoms with van der Waals surface area (Å²) in [6.07, 6.45) is 10.4. The van der Waals surface area contributed by atoms with E-state index in [4.69, 9.17) is 5.73 Å². The predicted octanol–water partition coefficient (Wildman–Crippen LogP) is 1.17. The standard InChI is InChI=1S/C15H25N3O2/c16-12(19)15(11-7-3-1-4-8-11)13(20)17-14(18-15)9-5-2-6-10-14/h11,18H,1-10H2,(H2,16,19)(H,17,20). The number of nitrogens with one attached hydrogen (secondary N) is 2. The zero-order chi connectivity index (χ0) is 14.2. The molecule has 5 nitrogen and oxygen atoms in total. The number of hydrogen-bond acceptors (Lipinski definition) is 3. The second-order valence-electron chi connectivity index (χ2n) is 6.73. The highest BCUT2D eigenvalue weighted by atomic mass is 16.2. The number of carbonyl (C=O) groups is 2. The first-order valence-electron chi connectivity index (χ1n) is 8.01. The zero-order valence-electron chi connectivity index (χ0n) is 12.0. The lowest BCUT2D eigenvalue weighted by molar-refractivity contribution is -0.137. The summed E-state index contributed by atoms with van der Waals surface area (Å²) in [5, 5.41) is 6.49. The van der Waals surface area contributed by atoms with Gasteiger partial charge < -0.3 is 11.1 Å². The minimum absolute atomic E-state index is 0.0510. The van der Waals surface area contributed by atoms with Crippen LogP contribution in [0.15, 0.2) is 0 Å². The van der Waals surface area contributed by atoms with Crippen LogP contribution < -0.4 is 16.4 Å². The highest BCUT2D eigenvalue weighted by Crippen LogP contribution is 2.40. The van der Waals surface area contributed by atoms with Crippen molar-refractivity contribution >= 4 is 11.8 Å². The van der Waals surface area contributed by atoms with Crippen molar-refractivity contribution in [3.8, 4) is 0 Å². The fourth-order valence-electron chi connectivity index (χ4n) is 4.38. The number of amides is 2. The molecule has 3 aliphatic rings. The molecule has 3 fully saturated rings. The van der Waals surface area contributed by atoms with Crippen molar-refractivity contribution in [2.24, 2.45) is 11.7 Å². The first kappa shape index (κ1) is 13.9. The molecule has 2 aliphatic carbocycles. The minimum Gasteiger partial charge on any atom is -0.368 e. The van der Waals surface area contributed by atoms with Crippen LogP contribution in [0, 0.1) is 5.92 Å². The van der Waals surface area contributed by atoms with Crippen molar-refractivity contribution in [2.45, 2.75) is 75.4 Å². The topological polar surface area (TPSA) is 84.2 Å². The van der Waals surface area contributed by atoms with E-state index in [2.05, 4.69) is 10.6 Å². The Labute approximate surface area is 120 Å². The highest BCUT2D eigenvalue weighted by Gasteiger charge is 2.60. The molecule has 3 rings (SSSR count). The average molecular weight is 279 g/mol. The van der Waals surface area contributed by atoms with Gasteiger partial charge in [-0.1, -0.05) is 25.7 Å². The van der Waals surface area contributed by atoms with Gasteiger partial charge in [-0.15, -0.1) is 0 Å². The molecule has 1 aliphatic heterocycles. The molecule has 112 valence electrons. The summed E-state index contributed by atoms with van der Waals surface area (Å²) in [5.74, 6) is -0.627. The van der Waals surface area contributed by atoms with E-state index >= 15 is 0 Å². The van der Waals surface area contributed by atoms with Crippen molar-refractivity contribution in [2.75, 3.05) is 0 Å². The zero-order valence-corrected chi connectivity index (χ0v) is 12.0. The maximum Gasteiger partial charge on any atom is 0.251 e. The van der Waals surface area contributed by atoms with Gasteiger partial charge in [-0.2, -0.15) is 0 Å². The first-order chi connectivity index (χ1) is 9.59. The van der Waals surface area contributed by atoms with E-state index in [1.54, 1.807) is 0 Å². The summed E-state index contributed by atoms with van der Waals surface area (Å²) < 4.78 is 0. The fourth-order valence-corrected chi connectivity index (χ4v) is 4.38. The van der Waals surface area contributed by atoms with E-state index in [1.807, 2.05) is 0 Å². The molecule has 0 aromatic carbocycles. The van der Waals surface area contributed by atoms with Crippen molar-refractivity contribution in [3.05, 3.63) is 0 Å². The molecule has 0 radical (unpaired) electrons. The van der Waals surface area contributed by atoms with Crippen LogP contribution in [0.25, 0.3) is 0 Å². The van der Waals surface area contributed by atoms with E-state index in [0.717, 1.165) is 51.4 Å². The molecule has 20 heavy (non-hydrogen) atoms. The van der Waals surface area contributed by atoms with Gasteiger partial charge >= 0.3 is 0 Å². The third-order valence-corrected chi connectivity index (χ3v) is 5.46. The predicted molar refractivity (Wildman–Crippen MR) is 75.6 cm³/mol. The lowest BCUT2D eigenvalue weighted by atomic mass is 9.73. The summed E-state index contributed by atoms with van der Waals surface area (Å²) in [6.45, 7) is 0. The number of hydrogen-bond donors (Lipinski definition) is 3. The van der Waals surface area contributed by atoms with Crippen LogP contribution in [-0.2, 0) is 9.59 Å². The molecular weight excluding hydrogens is 254 g/mol. The molecule has 1 unspecified atom stereocenters. The summed E-state index contributed by atoms with van der Waals surface area (Å²) in [5.41, 5.74) is 4.13. The van der Waals surface area contributed by atoms with Crippen molar-refractivity contribution in [1.82, 2.24) is 10.6 Å². The Hall–Kier alpha value is -1.10. The Kier molecular flexibility index (Phi) is 3.48. The molecule has 0 bridgehead atoms.